The van der Waals surface area contributed by atoms with Crippen LogP contribution in [0, 0.1) is 11.6 Å². The van der Waals surface area contributed by atoms with Crippen molar-refractivity contribution in [1.82, 2.24) is 5.32 Å². The smallest absolute Gasteiger partial charge is 0.159 e. The Morgan fingerprint density at radius 1 is 1.33 bits per heavy atom. The summed E-state index contributed by atoms with van der Waals surface area (Å²) in [5, 5.41) is 12.5. The van der Waals surface area contributed by atoms with Crippen LogP contribution in [-0.4, -0.2) is 29.5 Å². The number of thioether (sulfide) groups is 1. The molecule has 1 aliphatic rings. The summed E-state index contributed by atoms with van der Waals surface area (Å²) in [5.41, 5.74) is 0. The molecule has 0 aliphatic heterocycles. The maximum Gasteiger partial charge on any atom is 0.159 e. The Labute approximate surface area is 110 Å². The molecule has 100 valence electrons. The molecule has 1 aliphatic carbocycles. The van der Waals surface area contributed by atoms with E-state index in [0.717, 1.165) is 23.1 Å². The molecule has 0 bridgehead atoms. The zero-order valence-corrected chi connectivity index (χ0v) is 10.9. The van der Waals surface area contributed by atoms with Crippen molar-refractivity contribution in [2.75, 3.05) is 12.4 Å². The van der Waals surface area contributed by atoms with Crippen molar-refractivity contribution < 1.29 is 13.9 Å². The van der Waals surface area contributed by atoms with E-state index in [9.17, 15) is 13.9 Å². The van der Waals surface area contributed by atoms with Gasteiger partial charge >= 0.3 is 0 Å². The van der Waals surface area contributed by atoms with Gasteiger partial charge in [0.15, 0.2) is 11.6 Å². The molecule has 0 aromatic heterocycles. The van der Waals surface area contributed by atoms with E-state index < -0.39 is 11.6 Å². The molecule has 0 saturated heterocycles. The average Bonchev–Trinajstić information content (AvgIpc) is 3.16. The third-order valence-electron chi connectivity index (χ3n) is 2.90. The Morgan fingerprint density at radius 2 is 2.11 bits per heavy atom. The predicted octanol–water partition coefficient (Wildman–Crippen LogP) is 2.56. The second-order valence-electron chi connectivity index (χ2n) is 4.53. The van der Waals surface area contributed by atoms with E-state index in [1.807, 2.05) is 0 Å². The van der Waals surface area contributed by atoms with E-state index in [1.54, 1.807) is 6.07 Å². The molecule has 0 radical (unpaired) electrons. The molecule has 1 atom stereocenters. The largest absolute Gasteiger partial charge is 0.395 e. The highest BCUT2D eigenvalue weighted by Gasteiger charge is 2.23. The van der Waals surface area contributed by atoms with Crippen LogP contribution in [-0.2, 0) is 0 Å². The SMILES string of the molecule is OCC(CCSc1ccc(F)c(F)c1)NC1CC1. The zero-order valence-electron chi connectivity index (χ0n) is 10.0. The fourth-order valence-electron chi connectivity index (χ4n) is 1.70. The maximum atomic E-state index is 13.0. The number of rotatable bonds is 7. The monoisotopic (exact) mass is 273 g/mol. The fourth-order valence-corrected chi connectivity index (χ4v) is 2.69. The van der Waals surface area contributed by atoms with Crippen LogP contribution in [0.5, 0.6) is 0 Å². The van der Waals surface area contributed by atoms with Crippen molar-refractivity contribution in [1.29, 1.82) is 0 Å². The van der Waals surface area contributed by atoms with E-state index in [2.05, 4.69) is 5.32 Å². The molecule has 2 N–H and O–H groups in total. The Morgan fingerprint density at radius 3 is 2.72 bits per heavy atom. The molecule has 2 nitrogen and oxygen atoms in total. The summed E-state index contributed by atoms with van der Waals surface area (Å²) < 4.78 is 25.7. The van der Waals surface area contributed by atoms with Gasteiger partial charge in [-0.3, -0.25) is 0 Å². The number of nitrogens with one attached hydrogen (secondary N) is 1. The van der Waals surface area contributed by atoms with Crippen molar-refractivity contribution in [3.63, 3.8) is 0 Å². The molecule has 0 amide bonds. The summed E-state index contributed by atoms with van der Waals surface area (Å²) in [7, 11) is 0. The number of aliphatic hydroxyl groups excluding tert-OH is 1. The molecule has 1 aromatic rings. The minimum atomic E-state index is -0.817. The fraction of sp³-hybridized carbons (Fsp3) is 0.538. The van der Waals surface area contributed by atoms with Gasteiger partial charge < -0.3 is 10.4 Å². The highest BCUT2D eigenvalue weighted by atomic mass is 32.2. The Balaban J connectivity index is 1.74. The average molecular weight is 273 g/mol. The van der Waals surface area contributed by atoms with Crippen LogP contribution in [0.25, 0.3) is 0 Å². The van der Waals surface area contributed by atoms with Crippen LogP contribution in [0.4, 0.5) is 8.78 Å². The first-order valence-corrected chi connectivity index (χ1v) is 7.12. The summed E-state index contributed by atoms with van der Waals surface area (Å²) in [6, 6.07) is 4.60. The van der Waals surface area contributed by atoms with Crippen LogP contribution < -0.4 is 5.32 Å². The van der Waals surface area contributed by atoms with Crippen LogP contribution >= 0.6 is 11.8 Å². The van der Waals surface area contributed by atoms with Gasteiger partial charge in [-0.25, -0.2) is 8.78 Å². The van der Waals surface area contributed by atoms with Crippen molar-refractivity contribution in [3.8, 4) is 0 Å². The van der Waals surface area contributed by atoms with Crippen LogP contribution in [0.3, 0.4) is 0 Å². The van der Waals surface area contributed by atoms with Gasteiger partial charge in [0.05, 0.1) is 6.61 Å². The summed E-state index contributed by atoms with van der Waals surface area (Å²) >= 11 is 1.48. The van der Waals surface area contributed by atoms with Gasteiger partial charge in [0.25, 0.3) is 0 Å². The third kappa shape index (κ3) is 4.23. The van der Waals surface area contributed by atoms with Gasteiger partial charge in [0.2, 0.25) is 0 Å². The first-order chi connectivity index (χ1) is 8.69. The van der Waals surface area contributed by atoms with Crippen molar-refractivity contribution >= 4 is 11.8 Å². The molecule has 0 heterocycles. The predicted molar refractivity (Wildman–Crippen MR) is 68.7 cm³/mol. The number of aliphatic hydroxyl groups is 1. The minimum absolute atomic E-state index is 0.107. The summed E-state index contributed by atoms with van der Waals surface area (Å²) in [6.07, 6.45) is 3.19. The standard InChI is InChI=1S/C13H17F2NOS/c14-12-4-3-11(7-13(12)15)18-6-5-10(8-17)16-9-1-2-9/h3-4,7,9-10,16-17H,1-2,5-6,8H2. The van der Waals surface area contributed by atoms with E-state index in [0.29, 0.717) is 6.04 Å². The Hall–Kier alpha value is -0.650. The lowest BCUT2D eigenvalue weighted by Gasteiger charge is -2.15. The third-order valence-corrected chi connectivity index (χ3v) is 3.92. The second-order valence-corrected chi connectivity index (χ2v) is 5.70. The quantitative estimate of drug-likeness (QED) is 0.749. The number of hydrogen-bond donors (Lipinski definition) is 2. The van der Waals surface area contributed by atoms with Gasteiger partial charge in [-0.1, -0.05) is 0 Å². The molecule has 5 heteroatoms. The molecule has 0 spiro atoms. The van der Waals surface area contributed by atoms with Crippen LogP contribution in [0.1, 0.15) is 19.3 Å². The van der Waals surface area contributed by atoms with Gasteiger partial charge in [-0.2, -0.15) is 0 Å². The first-order valence-electron chi connectivity index (χ1n) is 6.14. The highest BCUT2D eigenvalue weighted by Crippen LogP contribution is 2.23. The van der Waals surface area contributed by atoms with Crippen LogP contribution in [0.2, 0.25) is 0 Å². The lowest BCUT2D eigenvalue weighted by molar-refractivity contribution is 0.239. The molecule has 2 rings (SSSR count). The molecule has 1 unspecified atom stereocenters. The number of halogens is 2. The molecule has 18 heavy (non-hydrogen) atoms. The van der Waals surface area contributed by atoms with E-state index in [-0.39, 0.29) is 12.6 Å². The van der Waals surface area contributed by atoms with Crippen molar-refractivity contribution in [3.05, 3.63) is 29.8 Å². The van der Waals surface area contributed by atoms with Gasteiger partial charge in [0.1, 0.15) is 0 Å². The topological polar surface area (TPSA) is 32.3 Å². The molecule has 1 aromatic carbocycles. The summed E-state index contributed by atoms with van der Waals surface area (Å²) in [6.45, 7) is 0.120. The van der Waals surface area contributed by atoms with Gasteiger partial charge in [-0.05, 0) is 43.2 Å². The number of hydrogen-bond acceptors (Lipinski definition) is 3. The summed E-state index contributed by atoms with van der Waals surface area (Å²) in [4.78, 5) is 0.719. The van der Waals surface area contributed by atoms with Gasteiger partial charge in [0, 0.05) is 17.0 Å². The molecular formula is C13H17F2NOS. The normalized spacial score (nSPS) is 16.8. The van der Waals surface area contributed by atoms with E-state index in [4.69, 9.17) is 0 Å². The highest BCUT2D eigenvalue weighted by molar-refractivity contribution is 7.99. The maximum absolute atomic E-state index is 13.0. The van der Waals surface area contributed by atoms with E-state index >= 15 is 0 Å². The van der Waals surface area contributed by atoms with E-state index in [1.165, 1.54) is 30.7 Å². The summed E-state index contributed by atoms with van der Waals surface area (Å²) in [5.74, 6) is -0.853. The van der Waals surface area contributed by atoms with Crippen molar-refractivity contribution in [2.24, 2.45) is 0 Å². The Bertz CT molecular complexity index is 399. The zero-order chi connectivity index (χ0) is 13.0. The van der Waals surface area contributed by atoms with Gasteiger partial charge in [-0.15, -0.1) is 11.8 Å². The van der Waals surface area contributed by atoms with Crippen molar-refractivity contribution in [2.45, 2.75) is 36.2 Å². The lowest BCUT2D eigenvalue weighted by atomic mass is 10.2. The second kappa shape index (κ2) is 6.50. The molecular weight excluding hydrogens is 256 g/mol. The number of benzene rings is 1. The molecule has 1 fully saturated rings. The molecule has 1 saturated carbocycles. The Kier molecular flexibility index (Phi) is 4.97. The lowest BCUT2D eigenvalue weighted by Crippen LogP contribution is -2.34. The van der Waals surface area contributed by atoms with Crippen LogP contribution in [0.15, 0.2) is 23.1 Å². The minimum Gasteiger partial charge on any atom is -0.395 e. The first kappa shape index (κ1) is 13.8.